The Balaban J connectivity index is 2.14. The van der Waals surface area contributed by atoms with Gasteiger partial charge in [-0.25, -0.2) is 4.98 Å². The molecule has 2 aromatic rings. The van der Waals surface area contributed by atoms with Gasteiger partial charge < -0.3 is 10.3 Å². The van der Waals surface area contributed by atoms with E-state index in [9.17, 15) is 10.1 Å². The van der Waals surface area contributed by atoms with Crippen molar-refractivity contribution in [3.63, 3.8) is 0 Å². The Kier molecular flexibility index (Phi) is 3.24. The zero-order valence-electron chi connectivity index (χ0n) is 8.68. The predicted molar refractivity (Wildman–Crippen MR) is 64.0 cm³/mol. The van der Waals surface area contributed by atoms with E-state index in [2.05, 4.69) is 15.3 Å². The van der Waals surface area contributed by atoms with E-state index in [-0.39, 0.29) is 5.69 Å². The Morgan fingerprint density at radius 1 is 1.53 bits per heavy atom. The molecule has 0 atom stereocenters. The minimum Gasteiger partial charge on any atom is -0.378 e. The molecule has 0 bridgehead atoms. The SMILES string of the molecule is O=[N+]([O-])c1ccc(Cl)c(NCc2cnc[nH]2)c1. The molecule has 0 aliphatic rings. The summed E-state index contributed by atoms with van der Waals surface area (Å²) in [5, 5.41) is 14.1. The third-order valence-electron chi connectivity index (χ3n) is 2.18. The minimum atomic E-state index is -0.461. The maximum atomic E-state index is 10.6. The van der Waals surface area contributed by atoms with E-state index in [0.717, 1.165) is 5.69 Å². The quantitative estimate of drug-likeness (QED) is 0.647. The van der Waals surface area contributed by atoms with Gasteiger partial charge in [0.15, 0.2) is 0 Å². The summed E-state index contributed by atoms with van der Waals surface area (Å²) in [5.41, 5.74) is 1.39. The van der Waals surface area contributed by atoms with Gasteiger partial charge in [0.1, 0.15) is 0 Å². The van der Waals surface area contributed by atoms with Crippen molar-refractivity contribution in [1.29, 1.82) is 0 Å². The first-order chi connectivity index (χ1) is 8.16. The fourth-order valence-electron chi connectivity index (χ4n) is 1.33. The number of anilines is 1. The molecule has 1 aromatic carbocycles. The van der Waals surface area contributed by atoms with Gasteiger partial charge >= 0.3 is 0 Å². The van der Waals surface area contributed by atoms with Crippen LogP contribution in [0.1, 0.15) is 5.69 Å². The van der Waals surface area contributed by atoms with Gasteiger partial charge in [0, 0.05) is 18.3 Å². The number of imidazole rings is 1. The molecule has 0 aliphatic carbocycles. The molecule has 7 heteroatoms. The number of aromatic amines is 1. The van der Waals surface area contributed by atoms with Crippen LogP contribution in [0.25, 0.3) is 0 Å². The largest absolute Gasteiger partial charge is 0.378 e. The normalized spacial score (nSPS) is 10.2. The molecule has 0 saturated carbocycles. The van der Waals surface area contributed by atoms with Crippen molar-refractivity contribution >= 4 is 23.0 Å². The highest BCUT2D eigenvalue weighted by atomic mass is 35.5. The lowest BCUT2D eigenvalue weighted by Gasteiger charge is -2.06. The fraction of sp³-hybridized carbons (Fsp3) is 0.100. The molecular formula is C10H9ClN4O2. The van der Waals surface area contributed by atoms with Gasteiger partial charge in [0.25, 0.3) is 5.69 Å². The number of nitro benzene ring substituents is 1. The summed E-state index contributed by atoms with van der Waals surface area (Å²) in [6.07, 6.45) is 3.23. The second-order valence-electron chi connectivity index (χ2n) is 3.35. The second kappa shape index (κ2) is 4.84. The number of nitro groups is 1. The zero-order chi connectivity index (χ0) is 12.3. The first kappa shape index (κ1) is 11.4. The molecule has 0 saturated heterocycles. The van der Waals surface area contributed by atoms with Crippen molar-refractivity contribution in [2.45, 2.75) is 6.54 Å². The molecule has 2 rings (SSSR count). The van der Waals surface area contributed by atoms with E-state index in [4.69, 9.17) is 11.6 Å². The highest BCUT2D eigenvalue weighted by molar-refractivity contribution is 6.33. The van der Waals surface area contributed by atoms with E-state index in [1.165, 1.54) is 18.2 Å². The fourth-order valence-corrected chi connectivity index (χ4v) is 1.52. The van der Waals surface area contributed by atoms with Gasteiger partial charge in [-0.3, -0.25) is 10.1 Å². The van der Waals surface area contributed by atoms with Crippen LogP contribution in [-0.2, 0) is 6.54 Å². The van der Waals surface area contributed by atoms with Crippen LogP contribution in [-0.4, -0.2) is 14.9 Å². The number of rotatable bonds is 4. The van der Waals surface area contributed by atoms with Crippen LogP contribution in [0.5, 0.6) is 0 Å². The molecule has 88 valence electrons. The monoisotopic (exact) mass is 252 g/mol. The molecule has 0 unspecified atom stereocenters. The summed E-state index contributed by atoms with van der Waals surface area (Å²) in [5.74, 6) is 0. The van der Waals surface area contributed by atoms with Crippen molar-refractivity contribution in [3.05, 3.63) is 51.6 Å². The summed E-state index contributed by atoms with van der Waals surface area (Å²) in [4.78, 5) is 16.9. The predicted octanol–water partition coefficient (Wildman–Crippen LogP) is 2.58. The average molecular weight is 253 g/mol. The molecule has 0 fully saturated rings. The third kappa shape index (κ3) is 2.73. The molecule has 0 amide bonds. The van der Waals surface area contributed by atoms with Crippen molar-refractivity contribution in [1.82, 2.24) is 9.97 Å². The molecule has 17 heavy (non-hydrogen) atoms. The lowest BCUT2D eigenvalue weighted by Crippen LogP contribution is -2.01. The first-order valence-corrected chi connectivity index (χ1v) is 5.19. The lowest BCUT2D eigenvalue weighted by molar-refractivity contribution is -0.384. The number of benzene rings is 1. The van der Waals surface area contributed by atoms with E-state index in [1.807, 2.05) is 0 Å². The van der Waals surface area contributed by atoms with E-state index in [0.29, 0.717) is 17.3 Å². The van der Waals surface area contributed by atoms with Crippen molar-refractivity contribution in [2.75, 3.05) is 5.32 Å². The lowest BCUT2D eigenvalue weighted by atomic mass is 10.2. The second-order valence-corrected chi connectivity index (χ2v) is 3.76. The molecule has 1 heterocycles. The van der Waals surface area contributed by atoms with Gasteiger partial charge in [-0.15, -0.1) is 0 Å². The molecular weight excluding hydrogens is 244 g/mol. The van der Waals surface area contributed by atoms with Gasteiger partial charge in [-0.1, -0.05) is 11.6 Å². The number of hydrogen-bond donors (Lipinski definition) is 2. The summed E-state index contributed by atoms with van der Waals surface area (Å²) < 4.78 is 0. The molecule has 0 aliphatic heterocycles. The van der Waals surface area contributed by atoms with Crippen LogP contribution < -0.4 is 5.32 Å². The van der Waals surface area contributed by atoms with Crippen molar-refractivity contribution < 1.29 is 4.92 Å². The average Bonchev–Trinajstić information content (AvgIpc) is 2.80. The molecule has 6 nitrogen and oxygen atoms in total. The van der Waals surface area contributed by atoms with E-state index in [1.54, 1.807) is 12.5 Å². The number of hydrogen-bond acceptors (Lipinski definition) is 4. The molecule has 0 radical (unpaired) electrons. The molecule has 2 N–H and O–H groups in total. The number of nitrogens with one attached hydrogen (secondary N) is 2. The standard InChI is InChI=1S/C10H9ClN4O2/c11-9-2-1-8(15(16)17)3-10(9)13-5-7-4-12-6-14-7/h1-4,6,13H,5H2,(H,12,14). The van der Waals surface area contributed by atoms with Crippen molar-refractivity contribution in [3.8, 4) is 0 Å². The summed E-state index contributed by atoms with van der Waals surface area (Å²) in [6.45, 7) is 0.473. The maximum absolute atomic E-state index is 10.6. The minimum absolute atomic E-state index is 0.00140. The van der Waals surface area contributed by atoms with Crippen LogP contribution in [0, 0.1) is 10.1 Å². The summed E-state index contributed by atoms with van der Waals surface area (Å²) >= 11 is 5.93. The van der Waals surface area contributed by atoms with E-state index >= 15 is 0 Å². The molecule has 1 aromatic heterocycles. The van der Waals surface area contributed by atoms with Gasteiger partial charge in [-0.05, 0) is 6.07 Å². The topological polar surface area (TPSA) is 83.8 Å². The van der Waals surface area contributed by atoms with Crippen molar-refractivity contribution in [2.24, 2.45) is 0 Å². The number of aromatic nitrogens is 2. The smallest absolute Gasteiger partial charge is 0.271 e. The Hall–Kier alpha value is -2.08. The zero-order valence-corrected chi connectivity index (χ0v) is 9.44. The van der Waals surface area contributed by atoms with E-state index < -0.39 is 4.92 Å². The Morgan fingerprint density at radius 2 is 2.35 bits per heavy atom. The van der Waals surface area contributed by atoms with Gasteiger partial charge in [0.2, 0.25) is 0 Å². The van der Waals surface area contributed by atoms with Crippen LogP contribution in [0.15, 0.2) is 30.7 Å². The van der Waals surface area contributed by atoms with Gasteiger partial charge in [-0.2, -0.15) is 0 Å². The Bertz CT molecular complexity index is 527. The molecule has 0 spiro atoms. The summed E-state index contributed by atoms with van der Waals surface area (Å²) in [7, 11) is 0. The van der Waals surface area contributed by atoms with Crippen LogP contribution >= 0.6 is 11.6 Å². The van der Waals surface area contributed by atoms with Crippen LogP contribution in [0.4, 0.5) is 11.4 Å². The third-order valence-corrected chi connectivity index (χ3v) is 2.51. The van der Waals surface area contributed by atoms with Crippen LogP contribution in [0.3, 0.4) is 0 Å². The first-order valence-electron chi connectivity index (χ1n) is 4.82. The summed E-state index contributed by atoms with van der Waals surface area (Å²) in [6, 6.07) is 4.26. The number of halogens is 1. The number of H-pyrrole nitrogens is 1. The van der Waals surface area contributed by atoms with Crippen LogP contribution in [0.2, 0.25) is 5.02 Å². The maximum Gasteiger partial charge on any atom is 0.271 e. The number of nitrogens with zero attached hydrogens (tertiary/aromatic N) is 2. The number of non-ortho nitro benzene ring substituents is 1. The highest BCUT2D eigenvalue weighted by Crippen LogP contribution is 2.26. The Morgan fingerprint density at radius 3 is 3.00 bits per heavy atom. The Labute approximate surface area is 102 Å². The van der Waals surface area contributed by atoms with Gasteiger partial charge in [0.05, 0.1) is 34.2 Å². The highest BCUT2D eigenvalue weighted by Gasteiger charge is 2.09.